The van der Waals surface area contributed by atoms with Crippen molar-refractivity contribution in [2.24, 2.45) is 5.92 Å². The molecule has 2 aromatic rings. The number of para-hydroxylation sites is 1. The predicted molar refractivity (Wildman–Crippen MR) is 105 cm³/mol. The maximum atomic E-state index is 13.2. The molecule has 2 aliphatic rings. The van der Waals surface area contributed by atoms with Crippen LogP contribution in [0.1, 0.15) is 64.3 Å². The minimum Gasteiger partial charge on any atom is -0.443 e. The molecule has 1 fully saturated rings. The Balaban J connectivity index is 1.92. The molecule has 140 valence electrons. The molecule has 4 heteroatoms. The highest BCUT2D eigenvalue weighted by Crippen LogP contribution is 2.45. The fourth-order valence-corrected chi connectivity index (χ4v) is 4.89. The van der Waals surface area contributed by atoms with E-state index in [-0.39, 0.29) is 6.09 Å². The van der Waals surface area contributed by atoms with Gasteiger partial charge >= 0.3 is 6.09 Å². The number of carbonyl (C=O) groups excluding carboxylic acids is 1. The monoisotopic (exact) mass is 354 g/mol. The van der Waals surface area contributed by atoms with Gasteiger partial charge in [0.2, 0.25) is 0 Å². The van der Waals surface area contributed by atoms with Crippen molar-refractivity contribution in [1.82, 2.24) is 9.47 Å². The van der Waals surface area contributed by atoms with E-state index in [2.05, 4.69) is 30.0 Å². The quantitative estimate of drug-likeness (QED) is 0.711. The van der Waals surface area contributed by atoms with Crippen molar-refractivity contribution in [3.05, 3.63) is 35.5 Å². The van der Waals surface area contributed by atoms with E-state index in [1.54, 1.807) is 0 Å². The highest BCUT2D eigenvalue weighted by Gasteiger charge is 2.40. The van der Waals surface area contributed by atoms with Crippen LogP contribution in [0.25, 0.3) is 10.9 Å². The molecule has 0 unspecified atom stereocenters. The summed E-state index contributed by atoms with van der Waals surface area (Å²) >= 11 is 0. The zero-order chi connectivity index (χ0) is 18.5. The third-order valence-corrected chi connectivity index (χ3v) is 5.91. The fraction of sp³-hybridized carbons (Fsp3) is 0.591. The van der Waals surface area contributed by atoms with Gasteiger partial charge in [-0.1, -0.05) is 31.5 Å². The zero-order valence-corrected chi connectivity index (χ0v) is 16.4. The molecule has 0 saturated carbocycles. The van der Waals surface area contributed by atoms with Crippen molar-refractivity contribution in [2.75, 3.05) is 13.1 Å². The number of ether oxygens (including phenoxy) is 1. The molecular formula is C22H30N2O2. The molecule has 2 aliphatic heterocycles. The first-order valence-electron chi connectivity index (χ1n) is 10.0. The standard InChI is InChI=1S/C22H30N2O2/c1-5-15-9-8-13-23-14-12-17-16-10-6-7-11-18(16)24(20(17)19(15)23)21(25)26-22(2,3)4/h6-7,10-11,15,19H,5,8-9,12-14H2,1-4H3/t15-,19-/m1/s1. The Kier molecular flexibility index (Phi) is 4.34. The molecule has 1 aromatic heterocycles. The van der Waals surface area contributed by atoms with E-state index in [4.69, 9.17) is 4.74 Å². The third-order valence-electron chi connectivity index (χ3n) is 5.91. The van der Waals surface area contributed by atoms with Crippen LogP contribution in [-0.4, -0.2) is 34.3 Å². The summed E-state index contributed by atoms with van der Waals surface area (Å²) < 4.78 is 7.70. The predicted octanol–water partition coefficient (Wildman–Crippen LogP) is 5.14. The number of hydrogen-bond donors (Lipinski definition) is 0. The number of piperidine rings is 1. The maximum Gasteiger partial charge on any atom is 0.419 e. The smallest absolute Gasteiger partial charge is 0.419 e. The van der Waals surface area contributed by atoms with Crippen molar-refractivity contribution in [3.8, 4) is 0 Å². The lowest BCUT2D eigenvalue weighted by Crippen LogP contribution is -2.44. The Hall–Kier alpha value is -1.81. The molecule has 3 heterocycles. The van der Waals surface area contributed by atoms with Gasteiger partial charge < -0.3 is 4.74 Å². The van der Waals surface area contributed by atoms with E-state index in [0.29, 0.717) is 12.0 Å². The van der Waals surface area contributed by atoms with E-state index in [1.807, 2.05) is 31.4 Å². The van der Waals surface area contributed by atoms with E-state index < -0.39 is 5.60 Å². The van der Waals surface area contributed by atoms with Crippen LogP contribution < -0.4 is 0 Å². The van der Waals surface area contributed by atoms with Crippen molar-refractivity contribution < 1.29 is 9.53 Å². The van der Waals surface area contributed by atoms with Gasteiger partial charge in [-0.3, -0.25) is 4.90 Å². The molecular weight excluding hydrogens is 324 g/mol. The maximum absolute atomic E-state index is 13.2. The van der Waals surface area contributed by atoms with Crippen LogP contribution in [0.4, 0.5) is 4.79 Å². The number of aromatic nitrogens is 1. The first kappa shape index (κ1) is 17.6. The molecule has 0 amide bonds. The lowest BCUT2D eigenvalue weighted by atomic mass is 9.81. The highest BCUT2D eigenvalue weighted by molar-refractivity contribution is 5.94. The van der Waals surface area contributed by atoms with Crippen LogP contribution in [0.3, 0.4) is 0 Å². The van der Waals surface area contributed by atoms with Gasteiger partial charge in [0.1, 0.15) is 5.60 Å². The number of hydrogen-bond acceptors (Lipinski definition) is 3. The molecule has 0 radical (unpaired) electrons. The minimum atomic E-state index is -0.500. The molecule has 0 N–H and O–H groups in total. The summed E-state index contributed by atoms with van der Waals surface area (Å²) in [6.45, 7) is 10.3. The van der Waals surface area contributed by atoms with E-state index in [1.165, 1.54) is 29.5 Å². The average molecular weight is 354 g/mol. The van der Waals surface area contributed by atoms with Crippen LogP contribution in [0.15, 0.2) is 24.3 Å². The Labute approximate surface area is 156 Å². The van der Waals surface area contributed by atoms with E-state index in [9.17, 15) is 4.79 Å². The van der Waals surface area contributed by atoms with Crippen molar-refractivity contribution in [2.45, 2.75) is 65.0 Å². The molecule has 26 heavy (non-hydrogen) atoms. The molecule has 0 bridgehead atoms. The normalized spacial score (nSPS) is 23.5. The molecule has 1 saturated heterocycles. The number of benzene rings is 1. The van der Waals surface area contributed by atoms with Gasteiger partial charge in [0, 0.05) is 11.9 Å². The van der Waals surface area contributed by atoms with Crippen LogP contribution in [0, 0.1) is 5.92 Å². The summed E-state index contributed by atoms with van der Waals surface area (Å²) in [5.41, 5.74) is 3.04. The van der Waals surface area contributed by atoms with Gasteiger partial charge in [-0.2, -0.15) is 0 Å². The molecule has 1 aromatic carbocycles. The lowest BCUT2D eigenvalue weighted by molar-refractivity contribution is 0.0475. The van der Waals surface area contributed by atoms with E-state index in [0.717, 1.165) is 31.4 Å². The zero-order valence-electron chi connectivity index (χ0n) is 16.4. The van der Waals surface area contributed by atoms with Gasteiger partial charge in [0.25, 0.3) is 0 Å². The van der Waals surface area contributed by atoms with Crippen molar-refractivity contribution in [3.63, 3.8) is 0 Å². The molecule has 0 spiro atoms. The lowest BCUT2D eigenvalue weighted by Gasteiger charge is -2.44. The Bertz CT molecular complexity index is 831. The van der Waals surface area contributed by atoms with E-state index >= 15 is 0 Å². The Morgan fingerprint density at radius 1 is 1.23 bits per heavy atom. The largest absolute Gasteiger partial charge is 0.443 e. The molecule has 4 nitrogen and oxygen atoms in total. The summed E-state index contributed by atoms with van der Waals surface area (Å²) in [5.74, 6) is 0.605. The minimum absolute atomic E-state index is 0.239. The fourth-order valence-electron chi connectivity index (χ4n) is 4.89. The number of carbonyl (C=O) groups is 1. The van der Waals surface area contributed by atoms with Crippen LogP contribution >= 0.6 is 0 Å². The van der Waals surface area contributed by atoms with Crippen molar-refractivity contribution >= 4 is 17.0 Å². The third kappa shape index (κ3) is 2.84. The second-order valence-electron chi connectivity index (χ2n) is 8.74. The second kappa shape index (κ2) is 6.41. The summed E-state index contributed by atoms with van der Waals surface area (Å²) in [4.78, 5) is 15.8. The SMILES string of the molecule is CC[C@@H]1CCCN2CCc3c(n(C(=O)OC(C)(C)C)c4ccccc34)[C@@H]12. The summed E-state index contributed by atoms with van der Waals surface area (Å²) in [7, 11) is 0. The van der Waals surface area contributed by atoms with Crippen LogP contribution in [-0.2, 0) is 11.2 Å². The number of rotatable bonds is 1. The highest BCUT2D eigenvalue weighted by atomic mass is 16.6. The van der Waals surface area contributed by atoms with Gasteiger partial charge in [-0.05, 0) is 64.1 Å². The van der Waals surface area contributed by atoms with Gasteiger partial charge in [0.15, 0.2) is 0 Å². The number of fused-ring (bicyclic) bond motifs is 5. The summed E-state index contributed by atoms with van der Waals surface area (Å²) in [5, 5.41) is 1.22. The van der Waals surface area contributed by atoms with Gasteiger partial charge in [0.05, 0.1) is 17.3 Å². The first-order chi connectivity index (χ1) is 12.4. The van der Waals surface area contributed by atoms with Crippen LogP contribution in [0.2, 0.25) is 0 Å². The molecule has 4 rings (SSSR count). The Morgan fingerprint density at radius 2 is 2.00 bits per heavy atom. The number of nitrogens with zero attached hydrogens (tertiary/aromatic N) is 2. The molecule has 2 atom stereocenters. The first-order valence-corrected chi connectivity index (χ1v) is 10.0. The molecule has 0 aliphatic carbocycles. The van der Waals surface area contributed by atoms with Gasteiger partial charge in [-0.25, -0.2) is 9.36 Å². The van der Waals surface area contributed by atoms with Crippen molar-refractivity contribution in [1.29, 1.82) is 0 Å². The second-order valence-corrected chi connectivity index (χ2v) is 8.74. The summed E-state index contributed by atoms with van der Waals surface area (Å²) in [6.07, 6.45) is 4.43. The topological polar surface area (TPSA) is 34.5 Å². The summed E-state index contributed by atoms with van der Waals surface area (Å²) in [6, 6.07) is 8.65. The Morgan fingerprint density at radius 3 is 2.73 bits per heavy atom. The van der Waals surface area contributed by atoms with Crippen LogP contribution in [0.5, 0.6) is 0 Å². The van der Waals surface area contributed by atoms with Gasteiger partial charge in [-0.15, -0.1) is 0 Å². The average Bonchev–Trinajstić information content (AvgIpc) is 2.94.